The fraction of sp³-hybridized carbons (Fsp3) is 0.211. The van der Waals surface area contributed by atoms with Crippen LogP contribution in [0.25, 0.3) is 22.3 Å². The van der Waals surface area contributed by atoms with E-state index in [-0.39, 0.29) is 35.7 Å². The molecule has 0 saturated carbocycles. The maximum absolute atomic E-state index is 12.7. The number of ether oxygens (including phenoxy) is 2. The van der Waals surface area contributed by atoms with Gasteiger partial charge in [-0.25, -0.2) is 0 Å². The zero-order chi connectivity index (χ0) is 18.0. The molecule has 0 aliphatic heterocycles. The molecule has 0 amide bonds. The van der Waals surface area contributed by atoms with Crippen molar-refractivity contribution in [3.63, 3.8) is 0 Å². The van der Waals surface area contributed by atoms with Crippen molar-refractivity contribution in [2.75, 3.05) is 14.2 Å². The van der Waals surface area contributed by atoms with Gasteiger partial charge in [0, 0.05) is 30.9 Å². The molecular formula is C19H18O6. The second-order valence-corrected chi connectivity index (χ2v) is 5.59. The van der Waals surface area contributed by atoms with Crippen molar-refractivity contribution in [2.45, 2.75) is 13.2 Å². The average Bonchev–Trinajstić information content (AvgIpc) is 2.62. The van der Waals surface area contributed by atoms with Crippen molar-refractivity contribution in [2.24, 2.45) is 0 Å². The van der Waals surface area contributed by atoms with Crippen LogP contribution in [0.15, 0.2) is 45.6 Å². The van der Waals surface area contributed by atoms with E-state index in [0.717, 1.165) is 0 Å². The molecule has 2 N–H and O–H groups in total. The highest BCUT2D eigenvalue weighted by molar-refractivity contribution is 5.90. The lowest BCUT2D eigenvalue weighted by Gasteiger charge is -2.13. The average molecular weight is 342 g/mol. The second kappa shape index (κ2) is 6.96. The number of hydrogen-bond acceptors (Lipinski definition) is 6. The van der Waals surface area contributed by atoms with Crippen molar-refractivity contribution in [3.05, 3.63) is 57.7 Å². The minimum Gasteiger partial charge on any atom is -0.507 e. The highest BCUT2D eigenvalue weighted by Gasteiger charge is 2.22. The summed E-state index contributed by atoms with van der Waals surface area (Å²) < 4.78 is 16.1. The van der Waals surface area contributed by atoms with E-state index in [2.05, 4.69) is 0 Å². The van der Waals surface area contributed by atoms with Crippen molar-refractivity contribution in [1.82, 2.24) is 0 Å². The van der Waals surface area contributed by atoms with E-state index >= 15 is 0 Å². The van der Waals surface area contributed by atoms with Gasteiger partial charge in [0.05, 0.1) is 13.2 Å². The third-order valence-electron chi connectivity index (χ3n) is 3.91. The van der Waals surface area contributed by atoms with Gasteiger partial charge in [-0.15, -0.1) is 0 Å². The van der Waals surface area contributed by atoms with Crippen molar-refractivity contribution in [3.8, 4) is 22.8 Å². The summed E-state index contributed by atoms with van der Waals surface area (Å²) >= 11 is 0. The Hall–Kier alpha value is -2.83. The Morgan fingerprint density at radius 1 is 0.960 bits per heavy atom. The highest BCUT2D eigenvalue weighted by Crippen LogP contribution is 2.36. The summed E-state index contributed by atoms with van der Waals surface area (Å²) in [4.78, 5) is 12.7. The van der Waals surface area contributed by atoms with Gasteiger partial charge in [-0.3, -0.25) is 4.79 Å². The molecule has 0 spiro atoms. The van der Waals surface area contributed by atoms with Gasteiger partial charge in [-0.05, 0) is 6.07 Å². The zero-order valence-corrected chi connectivity index (χ0v) is 13.9. The quantitative estimate of drug-likeness (QED) is 0.740. The number of benzene rings is 2. The SMILES string of the molecule is COCc1cc(COC)c2oc(-c3ccccc3)c(O)c(=O)c2c1O. The van der Waals surface area contributed by atoms with E-state index in [1.165, 1.54) is 14.2 Å². The Bertz CT molecular complexity index is 959. The van der Waals surface area contributed by atoms with Gasteiger partial charge in [0.25, 0.3) is 0 Å². The summed E-state index contributed by atoms with van der Waals surface area (Å²) in [5, 5.41) is 20.7. The lowest BCUT2D eigenvalue weighted by Crippen LogP contribution is -2.07. The lowest BCUT2D eigenvalue weighted by molar-refractivity contribution is 0.178. The summed E-state index contributed by atoms with van der Waals surface area (Å²) in [6.07, 6.45) is 0. The van der Waals surface area contributed by atoms with Crippen LogP contribution < -0.4 is 5.43 Å². The predicted molar refractivity (Wildman–Crippen MR) is 92.7 cm³/mol. The van der Waals surface area contributed by atoms with Crippen LogP contribution in [0, 0.1) is 0 Å². The van der Waals surface area contributed by atoms with Crippen LogP contribution in [0.5, 0.6) is 11.5 Å². The summed E-state index contributed by atoms with van der Waals surface area (Å²) in [5.74, 6) is -0.762. The number of hydrogen-bond donors (Lipinski definition) is 2. The molecule has 3 aromatic rings. The van der Waals surface area contributed by atoms with Gasteiger partial charge in [0.1, 0.15) is 16.7 Å². The topological polar surface area (TPSA) is 89.1 Å². The van der Waals surface area contributed by atoms with Gasteiger partial charge < -0.3 is 24.1 Å². The fourth-order valence-corrected chi connectivity index (χ4v) is 2.79. The molecule has 0 unspecified atom stereocenters. The van der Waals surface area contributed by atoms with Gasteiger partial charge >= 0.3 is 0 Å². The van der Waals surface area contributed by atoms with E-state index < -0.39 is 11.2 Å². The number of methoxy groups -OCH3 is 2. The highest BCUT2D eigenvalue weighted by atomic mass is 16.5. The van der Waals surface area contributed by atoms with Crippen LogP contribution in [0.2, 0.25) is 0 Å². The number of phenolic OH excluding ortho intramolecular Hbond substituents is 1. The Morgan fingerprint density at radius 3 is 2.24 bits per heavy atom. The Balaban J connectivity index is 2.39. The molecule has 6 nitrogen and oxygen atoms in total. The standard InChI is InChI=1S/C19H18O6/c1-23-9-12-8-13(10-24-2)18-14(15(12)20)16(21)17(22)19(25-18)11-6-4-3-5-7-11/h3-8,20,22H,9-10H2,1-2H3. The van der Waals surface area contributed by atoms with Crippen LogP contribution in [0.3, 0.4) is 0 Å². The first kappa shape index (κ1) is 17.0. The van der Waals surface area contributed by atoms with Gasteiger partial charge in [0.15, 0.2) is 5.76 Å². The molecular weight excluding hydrogens is 324 g/mol. The van der Waals surface area contributed by atoms with Gasteiger partial charge in [-0.1, -0.05) is 30.3 Å². The minimum absolute atomic E-state index is 0.0503. The molecule has 0 aliphatic carbocycles. The smallest absolute Gasteiger partial charge is 0.238 e. The molecule has 0 radical (unpaired) electrons. The first-order valence-electron chi connectivity index (χ1n) is 7.65. The van der Waals surface area contributed by atoms with Crippen LogP contribution >= 0.6 is 0 Å². The molecule has 1 aromatic heterocycles. The molecule has 0 aliphatic rings. The molecule has 0 bridgehead atoms. The summed E-state index contributed by atoms with van der Waals surface area (Å²) in [6.45, 7) is 0.286. The second-order valence-electron chi connectivity index (χ2n) is 5.59. The molecule has 0 fully saturated rings. The van der Waals surface area contributed by atoms with E-state index in [1.807, 2.05) is 6.07 Å². The Morgan fingerprint density at radius 2 is 1.60 bits per heavy atom. The third-order valence-corrected chi connectivity index (χ3v) is 3.91. The van der Waals surface area contributed by atoms with Crippen LogP contribution in [-0.4, -0.2) is 24.4 Å². The van der Waals surface area contributed by atoms with E-state index in [1.54, 1.807) is 30.3 Å². The van der Waals surface area contributed by atoms with Crippen molar-refractivity contribution >= 4 is 11.0 Å². The monoisotopic (exact) mass is 342 g/mol. The molecule has 6 heteroatoms. The minimum atomic E-state index is -0.701. The Labute approximate surface area is 143 Å². The molecule has 0 atom stereocenters. The van der Waals surface area contributed by atoms with Gasteiger partial charge in [0.2, 0.25) is 11.2 Å². The number of rotatable bonds is 5. The first-order valence-corrected chi connectivity index (χ1v) is 7.65. The summed E-state index contributed by atoms with van der Waals surface area (Å²) in [6, 6.07) is 10.5. The molecule has 1 heterocycles. The summed E-state index contributed by atoms with van der Waals surface area (Å²) in [5.41, 5.74) is 1.04. The molecule has 25 heavy (non-hydrogen) atoms. The maximum Gasteiger partial charge on any atom is 0.238 e. The summed E-state index contributed by atoms with van der Waals surface area (Å²) in [7, 11) is 3.00. The van der Waals surface area contributed by atoms with Gasteiger partial charge in [-0.2, -0.15) is 0 Å². The number of fused-ring (bicyclic) bond motifs is 1. The normalized spacial score (nSPS) is 11.1. The molecule has 2 aromatic carbocycles. The first-order chi connectivity index (χ1) is 12.1. The van der Waals surface area contributed by atoms with Crippen LogP contribution in [0.4, 0.5) is 0 Å². The van der Waals surface area contributed by atoms with E-state index in [4.69, 9.17) is 13.9 Å². The van der Waals surface area contributed by atoms with Crippen molar-refractivity contribution in [1.29, 1.82) is 0 Å². The molecule has 130 valence electrons. The number of aromatic hydroxyl groups is 2. The fourth-order valence-electron chi connectivity index (χ4n) is 2.79. The zero-order valence-electron chi connectivity index (χ0n) is 13.9. The van der Waals surface area contributed by atoms with Crippen molar-refractivity contribution < 1.29 is 24.1 Å². The van der Waals surface area contributed by atoms with E-state index in [9.17, 15) is 15.0 Å². The van der Waals surface area contributed by atoms with E-state index in [0.29, 0.717) is 16.7 Å². The third kappa shape index (κ3) is 2.97. The maximum atomic E-state index is 12.7. The number of phenols is 1. The van der Waals surface area contributed by atoms with Crippen LogP contribution in [-0.2, 0) is 22.7 Å². The molecule has 3 rings (SSSR count). The largest absolute Gasteiger partial charge is 0.507 e. The Kier molecular flexibility index (Phi) is 4.74. The van der Waals surface area contributed by atoms with Crippen LogP contribution in [0.1, 0.15) is 11.1 Å². The predicted octanol–water partition coefficient (Wildman–Crippen LogP) is 3.16. The lowest BCUT2D eigenvalue weighted by atomic mass is 10.0. The molecule has 0 saturated heterocycles.